The molecule has 0 spiro atoms. The van der Waals surface area contributed by atoms with Gasteiger partial charge in [0, 0.05) is 22.4 Å². The third-order valence-corrected chi connectivity index (χ3v) is 1.87. The van der Waals surface area contributed by atoms with E-state index in [2.05, 4.69) is 4.18 Å². The maximum absolute atomic E-state index is 9.89. The van der Waals surface area contributed by atoms with Gasteiger partial charge in [-0.2, -0.15) is 8.42 Å². The molecule has 1 aromatic rings. The second kappa shape index (κ2) is 4.92. The van der Waals surface area contributed by atoms with E-state index in [1.54, 1.807) is 17.5 Å². The number of rotatable bonds is 2. The van der Waals surface area contributed by atoms with Crippen molar-refractivity contribution in [1.29, 1.82) is 0 Å². The molecule has 3 nitrogen and oxygen atoms in total. The first-order valence-corrected chi connectivity index (χ1v) is 4.12. The second-order valence-corrected chi connectivity index (χ2v) is 2.79. The Morgan fingerprint density at radius 1 is 1.50 bits per heavy atom. The molecule has 0 saturated carbocycles. The molecule has 0 unspecified atom stereocenters. The summed E-state index contributed by atoms with van der Waals surface area (Å²) in [6.07, 6.45) is 0. The molecule has 61 valence electrons. The minimum Gasteiger partial charge on any atom is -0.373 e. The van der Waals surface area contributed by atoms with E-state index in [0.717, 1.165) is 0 Å². The fourth-order valence-electron chi connectivity index (χ4n) is 0.389. The van der Waals surface area contributed by atoms with Gasteiger partial charge < -0.3 is 4.18 Å². The van der Waals surface area contributed by atoms with Crippen LogP contribution in [-0.2, 0) is 33.4 Å². The Balaban J connectivity index is 0.000000810. The molecule has 1 rings (SSSR count). The largest absolute Gasteiger partial charge is 0.373 e. The maximum Gasteiger partial charge on any atom is 0.299 e. The number of hydrogen-bond donors (Lipinski definition) is 1. The van der Waals surface area contributed by atoms with Crippen molar-refractivity contribution >= 4 is 22.3 Å². The van der Waals surface area contributed by atoms with E-state index in [1.807, 2.05) is 0 Å². The topological polar surface area (TPSA) is 43.4 Å². The Kier molecular flexibility index (Phi) is 5.02. The van der Waals surface area contributed by atoms with Crippen LogP contribution < -0.4 is 4.18 Å². The van der Waals surface area contributed by atoms with Gasteiger partial charge in [-0.25, -0.2) is 0 Å². The molecule has 0 amide bonds. The zero-order valence-electron chi connectivity index (χ0n) is 4.61. The van der Waals surface area contributed by atoms with Crippen molar-refractivity contribution in [2.45, 2.75) is 0 Å². The molecule has 0 aliphatic heterocycles. The number of hydrogen-bond acceptors (Lipinski definition) is 4. The molecular weight excluding hydrogens is 268 g/mol. The summed E-state index contributed by atoms with van der Waals surface area (Å²) in [7, 11) is -2.74. The molecule has 0 atom stereocenters. The van der Waals surface area contributed by atoms with Crippen molar-refractivity contribution in [1.82, 2.24) is 0 Å². The van der Waals surface area contributed by atoms with Crippen LogP contribution in [0.25, 0.3) is 0 Å². The Hall–Kier alpha value is 0.190. The molecular formula is C4H4AgO3S2. The Morgan fingerprint density at radius 2 is 2.20 bits per heavy atom. The monoisotopic (exact) mass is 271 g/mol. The van der Waals surface area contributed by atoms with Crippen molar-refractivity contribution in [2.75, 3.05) is 0 Å². The number of thiol groups is 1. The first-order valence-electron chi connectivity index (χ1n) is 2.15. The van der Waals surface area contributed by atoms with Crippen LogP contribution >= 0.6 is 11.3 Å². The summed E-state index contributed by atoms with van der Waals surface area (Å²) in [5, 5.41) is 2.15. The molecule has 0 saturated heterocycles. The average Bonchev–Trinajstić information content (AvgIpc) is 2.15. The van der Waals surface area contributed by atoms with Crippen molar-refractivity contribution in [3.8, 4) is 5.06 Å². The number of thiophene rings is 1. The van der Waals surface area contributed by atoms with Crippen molar-refractivity contribution < 1.29 is 35.0 Å². The molecule has 0 bridgehead atoms. The van der Waals surface area contributed by atoms with Gasteiger partial charge in [-0.1, -0.05) is 0 Å². The first kappa shape index (κ1) is 10.2. The summed E-state index contributed by atoms with van der Waals surface area (Å²) in [6, 6.07) is 3.31. The molecule has 1 radical (unpaired) electrons. The minimum atomic E-state index is -2.74. The van der Waals surface area contributed by atoms with E-state index in [0.29, 0.717) is 5.06 Å². The van der Waals surface area contributed by atoms with E-state index in [9.17, 15) is 8.42 Å². The van der Waals surface area contributed by atoms with Gasteiger partial charge in [0.2, 0.25) is 0 Å². The SMILES string of the molecule is O=[SH](=O)Oc1cccs1.[Ag]. The van der Waals surface area contributed by atoms with Gasteiger partial charge in [0.1, 0.15) is 0 Å². The van der Waals surface area contributed by atoms with Gasteiger partial charge >= 0.3 is 0 Å². The van der Waals surface area contributed by atoms with Crippen LogP contribution in [0.2, 0.25) is 0 Å². The molecule has 1 heterocycles. The normalized spacial score (nSPS) is 8.90. The summed E-state index contributed by atoms with van der Waals surface area (Å²) in [4.78, 5) is 0. The fraction of sp³-hybridized carbons (Fsp3) is 0. The minimum absolute atomic E-state index is 0. The van der Waals surface area contributed by atoms with Crippen LogP contribution in [0.15, 0.2) is 17.5 Å². The molecule has 6 heteroatoms. The molecule has 10 heavy (non-hydrogen) atoms. The maximum atomic E-state index is 9.89. The van der Waals surface area contributed by atoms with E-state index in [-0.39, 0.29) is 22.4 Å². The summed E-state index contributed by atoms with van der Waals surface area (Å²) < 4.78 is 24.1. The fourth-order valence-corrected chi connectivity index (χ4v) is 1.40. The predicted molar refractivity (Wildman–Crippen MR) is 35.3 cm³/mol. The summed E-state index contributed by atoms with van der Waals surface area (Å²) in [5.41, 5.74) is 0. The van der Waals surface area contributed by atoms with E-state index < -0.39 is 11.0 Å². The van der Waals surface area contributed by atoms with Crippen molar-refractivity contribution in [3.63, 3.8) is 0 Å². The van der Waals surface area contributed by atoms with Crippen LogP contribution in [0.3, 0.4) is 0 Å². The molecule has 0 fully saturated rings. The molecule has 0 N–H and O–H groups in total. The average molecular weight is 272 g/mol. The first-order chi connectivity index (χ1) is 4.29. The summed E-state index contributed by atoms with van der Waals surface area (Å²) in [6.45, 7) is 0. The Morgan fingerprint density at radius 3 is 2.60 bits per heavy atom. The van der Waals surface area contributed by atoms with Gasteiger partial charge in [-0.15, -0.1) is 11.3 Å². The molecule has 1 aromatic heterocycles. The van der Waals surface area contributed by atoms with Crippen LogP contribution in [0.5, 0.6) is 5.06 Å². The van der Waals surface area contributed by atoms with Gasteiger partial charge in [0.05, 0.1) is 0 Å². The van der Waals surface area contributed by atoms with Crippen LogP contribution in [-0.4, -0.2) is 8.42 Å². The van der Waals surface area contributed by atoms with E-state index in [4.69, 9.17) is 0 Å². The quantitative estimate of drug-likeness (QED) is 0.635. The third kappa shape index (κ3) is 3.38. The van der Waals surface area contributed by atoms with Crippen molar-refractivity contribution in [2.24, 2.45) is 0 Å². The van der Waals surface area contributed by atoms with E-state index >= 15 is 0 Å². The zero-order chi connectivity index (χ0) is 6.69. The van der Waals surface area contributed by atoms with Crippen LogP contribution in [0, 0.1) is 0 Å². The molecule has 0 aliphatic rings. The standard InChI is InChI=1S/C4H4O3S2.Ag/c5-9(6)7-4-2-1-3-8-4;/h1-3,9H;. The van der Waals surface area contributed by atoms with Gasteiger partial charge in [-0.3, -0.25) is 0 Å². The van der Waals surface area contributed by atoms with Crippen LogP contribution in [0.4, 0.5) is 0 Å². The van der Waals surface area contributed by atoms with Gasteiger partial charge in [-0.05, 0) is 17.5 Å². The Labute approximate surface area is 79.7 Å². The van der Waals surface area contributed by atoms with Crippen LogP contribution in [0.1, 0.15) is 0 Å². The van der Waals surface area contributed by atoms with Gasteiger partial charge in [0.15, 0.2) is 5.06 Å². The second-order valence-electron chi connectivity index (χ2n) is 1.25. The zero-order valence-corrected chi connectivity index (χ0v) is 7.81. The Bertz CT molecular complexity index is 233. The third-order valence-electron chi connectivity index (χ3n) is 0.660. The predicted octanol–water partition coefficient (Wildman–Crippen LogP) is 0.651. The molecule has 0 aliphatic carbocycles. The van der Waals surface area contributed by atoms with E-state index in [1.165, 1.54) is 11.3 Å². The van der Waals surface area contributed by atoms with Gasteiger partial charge in [0.25, 0.3) is 11.0 Å². The summed E-state index contributed by atoms with van der Waals surface area (Å²) in [5.74, 6) is 0. The molecule has 0 aromatic carbocycles. The van der Waals surface area contributed by atoms with Crippen molar-refractivity contribution in [3.05, 3.63) is 17.5 Å². The smallest absolute Gasteiger partial charge is 0.299 e. The summed E-state index contributed by atoms with van der Waals surface area (Å²) >= 11 is 1.25.